The molecule has 2 rings (SSSR count). The Morgan fingerprint density at radius 2 is 2.22 bits per heavy atom. The summed E-state index contributed by atoms with van der Waals surface area (Å²) in [5.41, 5.74) is 7.09. The van der Waals surface area contributed by atoms with Crippen molar-refractivity contribution in [3.05, 3.63) is 28.8 Å². The summed E-state index contributed by atoms with van der Waals surface area (Å²) in [6.07, 6.45) is 1.03. The molecule has 0 saturated carbocycles. The lowest BCUT2D eigenvalue weighted by molar-refractivity contribution is -0.0441. The fourth-order valence-electron chi connectivity index (χ4n) is 2.40. The number of hydrogen-bond donors (Lipinski definition) is 1. The van der Waals surface area contributed by atoms with Gasteiger partial charge in [0.15, 0.2) is 0 Å². The molecule has 1 atom stereocenters. The number of rotatable bonds is 5. The number of ether oxygens (including phenoxy) is 2. The molecule has 1 unspecified atom stereocenters. The Kier molecular flexibility index (Phi) is 4.15. The zero-order valence-corrected chi connectivity index (χ0v) is 11.7. The van der Waals surface area contributed by atoms with Gasteiger partial charge >= 0.3 is 0 Å². The van der Waals surface area contributed by atoms with Crippen LogP contribution in [0.5, 0.6) is 5.75 Å². The van der Waals surface area contributed by atoms with Crippen LogP contribution >= 0.6 is 11.6 Å². The van der Waals surface area contributed by atoms with Gasteiger partial charge in [-0.05, 0) is 24.1 Å². The summed E-state index contributed by atoms with van der Waals surface area (Å²) in [5, 5.41) is 0.638. The second-order valence-corrected chi connectivity index (χ2v) is 5.63. The summed E-state index contributed by atoms with van der Waals surface area (Å²) in [4.78, 5) is 0. The Labute approximate surface area is 113 Å². The highest BCUT2D eigenvalue weighted by Gasteiger charge is 2.32. The molecule has 1 aliphatic heterocycles. The van der Waals surface area contributed by atoms with Gasteiger partial charge in [-0.15, -0.1) is 0 Å². The van der Waals surface area contributed by atoms with Gasteiger partial charge in [0, 0.05) is 17.9 Å². The predicted molar refractivity (Wildman–Crippen MR) is 73.3 cm³/mol. The Bertz CT molecular complexity index is 420. The average Bonchev–Trinajstić information content (AvgIpc) is 2.33. The Balaban J connectivity index is 2.22. The normalized spacial score (nSPS) is 19.1. The fraction of sp³-hybridized carbons (Fsp3) is 0.571. The van der Waals surface area contributed by atoms with E-state index in [4.69, 9.17) is 26.8 Å². The summed E-state index contributed by atoms with van der Waals surface area (Å²) in [7, 11) is 1.62. The zero-order valence-electron chi connectivity index (χ0n) is 10.9. The molecule has 4 heteroatoms. The van der Waals surface area contributed by atoms with Crippen LogP contribution in [0.15, 0.2) is 18.2 Å². The van der Waals surface area contributed by atoms with E-state index in [-0.39, 0.29) is 5.41 Å². The molecule has 1 saturated heterocycles. The SMILES string of the molecule is COc1ccc(C(C)(CN)CC2COC2)cc1Cl. The van der Waals surface area contributed by atoms with E-state index in [9.17, 15) is 0 Å². The maximum atomic E-state index is 6.19. The Morgan fingerprint density at radius 1 is 1.50 bits per heavy atom. The van der Waals surface area contributed by atoms with Crippen LogP contribution in [-0.4, -0.2) is 26.9 Å². The first-order valence-electron chi connectivity index (χ1n) is 6.21. The second kappa shape index (κ2) is 5.47. The summed E-state index contributed by atoms with van der Waals surface area (Å²) < 4.78 is 10.4. The van der Waals surface area contributed by atoms with Crippen molar-refractivity contribution in [1.29, 1.82) is 0 Å². The summed E-state index contributed by atoms with van der Waals surface area (Å²) in [5.74, 6) is 1.31. The van der Waals surface area contributed by atoms with Crippen molar-refractivity contribution in [3.8, 4) is 5.75 Å². The van der Waals surface area contributed by atoms with Gasteiger partial charge in [-0.3, -0.25) is 0 Å². The minimum Gasteiger partial charge on any atom is -0.495 e. The lowest BCUT2D eigenvalue weighted by Gasteiger charge is -2.36. The van der Waals surface area contributed by atoms with E-state index >= 15 is 0 Å². The molecule has 1 fully saturated rings. The van der Waals surface area contributed by atoms with E-state index in [0.717, 1.165) is 19.6 Å². The summed E-state index contributed by atoms with van der Waals surface area (Å²) in [6.45, 7) is 4.48. The van der Waals surface area contributed by atoms with Gasteiger partial charge in [0.05, 0.1) is 25.3 Å². The largest absolute Gasteiger partial charge is 0.495 e. The Morgan fingerprint density at radius 3 is 2.67 bits per heavy atom. The van der Waals surface area contributed by atoms with E-state index in [2.05, 4.69) is 13.0 Å². The summed E-state index contributed by atoms with van der Waals surface area (Å²) >= 11 is 6.19. The quantitative estimate of drug-likeness (QED) is 0.894. The molecule has 1 aliphatic rings. The molecule has 0 aromatic heterocycles. The highest BCUT2D eigenvalue weighted by atomic mass is 35.5. The minimum atomic E-state index is -0.0512. The van der Waals surface area contributed by atoms with Gasteiger partial charge in [-0.1, -0.05) is 24.6 Å². The first kappa shape index (κ1) is 13.7. The van der Waals surface area contributed by atoms with Crippen molar-refractivity contribution in [2.24, 2.45) is 11.7 Å². The lowest BCUT2D eigenvalue weighted by atomic mass is 9.75. The number of benzene rings is 1. The molecule has 1 aromatic carbocycles. The minimum absolute atomic E-state index is 0.0512. The number of methoxy groups -OCH3 is 1. The van der Waals surface area contributed by atoms with Gasteiger partial charge in [0.1, 0.15) is 5.75 Å². The van der Waals surface area contributed by atoms with Gasteiger partial charge < -0.3 is 15.2 Å². The van der Waals surface area contributed by atoms with Crippen LogP contribution in [0, 0.1) is 5.92 Å². The molecule has 18 heavy (non-hydrogen) atoms. The zero-order chi connectivity index (χ0) is 13.2. The molecule has 0 amide bonds. The van der Waals surface area contributed by atoms with Crippen molar-refractivity contribution in [3.63, 3.8) is 0 Å². The molecule has 0 spiro atoms. The van der Waals surface area contributed by atoms with Crippen molar-refractivity contribution in [2.75, 3.05) is 26.9 Å². The first-order valence-corrected chi connectivity index (χ1v) is 6.58. The van der Waals surface area contributed by atoms with Crippen LogP contribution < -0.4 is 10.5 Å². The molecule has 3 nitrogen and oxygen atoms in total. The van der Waals surface area contributed by atoms with Gasteiger partial charge in [0.2, 0.25) is 0 Å². The van der Waals surface area contributed by atoms with Crippen molar-refractivity contribution in [2.45, 2.75) is 18.8 Å². The maximum absolute atomic E-state index is 6.19. The highest BCUT2D eigenvalue weighted by Crippen LogP contribution is 2.36. The van der Waals surface area contributed by atoms with Crippen molar-refractivity contribution >= 4 is 11.6 Å². The molecule has 100 valence electrons. The third-order valence-electron chi connectivity index (χ3n) is 3.75. The topological polar surface area (TPSA) is 44.5 Å². The van der Waals surface area contributed by atoms with Crippen LogP contribution in [0.3, 0.4) is 0 Å². The van der Waals surface area contributed by atoms with E-state index in [1.807, 2.05) is 12.1 Å². The first-order chi connectivity index (χ1) is 8.59. The fourth-order valence-corrected chi connectivity index (χ4v) is 2.66. The molecule has 1 heterocycles. The summed E-state index contributed by atoms with van der Waals surface area (Å²) in [6, 6.07) is 5.92. The van der Waals surface area contributed by atoms with E-state index in [0.29, 0.717) is 23.2 Å². The third kappa shape index (κ3) is 2.63. The van der Waals surface area contributed by atoms with Crippen molar-refractivity contribution in [1.82, 2.24) is 0 Å². The van der Waals surface area contributed by atoms with E-state index in [1.165, 1.54) is 5.56 Å². The molecule has 0 radical (unpaired) electrons. The van der Waals surface area contributed by atoms with Crippen LogP contribution in [0.2, 0.25) is 5.02 Å². The van der Waals surface area contributed by atoms with Crippen LogP contribution in [-0.2, 0) is 10.2 Å². The monoisotopic (exact) mass is 269 g/mol. The average molecular weight is 270 g/mol. The Hall–Kier alpha value is -0.770. The molecule has 2 N–H and O–H groups in total. The second-order valence-electron chi connectivity index (χ2n) is 5.22. The smallest absolute Gasteiger partial charge is 0.137 e. The standard InChI is InChI=1S/C14H20ClNO2/c1-14(9-16,6-10-7-18-8-10)11-3-4-13(17-2)12(15)5-11/h3-5,10H,6-9,16H2,1-2H3. The van der Waals surface area contributed by atoms with Crippen LogP contribution in [0.4, 0.5) is 0 Å². The van der Waals surface area contributed by atoms with Crippen LogP contribution in [0.1, 0.15) is 18.9 Å². The van der Waals surface area contributed by atoms with Crippen molar-refractivity contribution < 1.29 is 9.47 Å². The molecule has 0 bridgehead atoms. The van der Waals surface area contributed by atoms with Gasteiger partial charge in [-0.2, -0.15) is 0 Å². The van der Waals surface area contributed by atoms with Crippen LogP contribution in [0.25, 0.3) is 0 Å². The van der Waals surface area contributed by atoms with Gasteiger partial charge in [0.25, 0.3) is 0 Å². The molecule has 0 aliphatic carbocycles. The number of halogens is 1. The molecular weight excluding hydrogens is 250 g/mol. The van der Waals surface area contributed by atoms with E-state index < -0.39 is 0 Å². The van der Waals surface area contributed by atoms with Gasteiger partial charge in [-0.25, -0.2) is 0 Å². The van der Waals surface area contributed by atoms with E-state index in [1.54, 1.807) is 7.11 Å². The maximum Gasteiger partial charge on any atom is 0.137 e. The molecule has 1 aromatic rings. The lowest BCUT2D eigenvalue weighted by Crippen LogP contribution is -2.39. The third-order valence-corrected chi connectivity index (χ3v) is 4.04. The number of hydrogen-bond acceptors (Lipinski definition) is 3. The predicted octanol–water partition coefficient (Wildman–Crippen LogP) is 2.60. The number of nitrogens with two attached hydrogens (primary N) is 1. The molecular formula is C14H20ClNO2. The highest BCUT2D eigenvalue weighted by molar-refractivity contribution is 6.32.